The van der Waals surface area contributed by atoms with Gasteiger partial charge >= 0.3 is 0 Å². The molecule has 1 aliphatic heterocycles. The lowest BCUT2D eigenvalue weighted by Crippen LogP contribution is -2.46. The van der Waals surface area contributed by atoms with Gasteiger partial charge in [0, 0.05) is 19.1 Å². The quantitative estimate of drug-likeness (QED) is 0.823. The predicted molar refractivity (Wildman–Crippen MR) is 103 cm³/mol. The Labute approximate surface area is 160 Å². The molecule has 27 heavy (non-hydrogen) atoms. The van der Waals surface area contributed by atoms with Gasteiger partial charge in [0.05, 0.1) is 18.4 Å². The van der Waals surface area contributed by atoms with E-state index in [1.54, 1.807) is 42.3 Å². The summed E-state index contributed by atoms with van der Waals surface area (Å²) in [5.41, 5.74) is 0.938. The van der Waals surface area contributed by atoms with Crippen LogP contribution in [0.25, 0.3) is 0 Å². The van der Waals surface area contributed by atoms with Crippen LogP contribution in [0.4, 0.5) is 0 Å². The van der Waals surface area contributed by atoms with Crippen molar-refractivity contribution in [3.63, 3.8) is 0 Å². The van der Waals surface area contributed by atoms with Crippen LogP contribution in [0.15, 0.2) is 59.5 Å². The number of nitrogens with one attached hydrogen (secondary N) is 1. The number of likely N-dealkylation sites (tertiary alicyclic amines) is 1. The molecule has 144 valence electrons. The molecule has 0 aliphatic carbocycles. The Morgan fingerprint density at radius 3 is 2.30 bits per heavy atom. The number of ether oxygens (including phenoxy) is 1. The molecule has 2 aromatic carbocycles. The van der Waals surface area contributed by atoms with Gasteiger partial charge in [-0.1, -0.05) is 30.3 Å². The van der Waals surface area contributed by atoms with Crippen molar-refractivity contribution in [1.29, 1.82) is 0 Å². The first kappa shape index (κ1) is 19.4. The van der Waals surface area contributed by atoms with Gasteiger partial charge < -0.3 is 9.64 Å². The Morgan fingerprint density at radius 1 is 1.07 bits per heavy atom. The van der Waals surface area contributed by atoms with E-state index in [9.17, 15) is 13.2 Å². The van der Waals surface area contributed by atoms with Crippen LogP contribution < -0.4 is 9.46 Å². The predicted octanol–water partition coefficient (Wildman–Crippen LogP) is 2.21. The number of sulfonamides is 1. The van der Waals surface area contributed by atoms with E-state index in [0.29, 0.717) is 32.4 Å². The molecule has 0 atom stereocenters. The summed E-state index contributed by atoms with van der Waals surface area (Å²) >= 11 is 0. The standard InChI is InChI=1S/C20H24N2O4S/c1-26-18-9-7-16(8-10-18)15-20(23)22-13-11-17(12-14-22)21-27(24,25)19-5-3-2-4-6-19/h2-10,17,21H,11-15H2,1H3. The Morgan fingerprint density at radius 2 is 1.70 bits per heavy atom. The fraction of sp³-hybridized carbons (Fsp3) is 0.350. The Balaban J connectivity index is 1.51. The highest BCUT2D eigenvalue weighted by Gasteiger charge is 2.26. The summed E-state index contributed by atoms with van der Waals surface area (Å²) in [6, 6.07) is 15.7. The fourth-order valence-electron chi connectivity index (χ4n) is 3.16. The van der Waals surface area contributed by atoms with Gasteiger partial charge in [-0.05, 0) is 42.7 Å². The van der Waals surface area contributed by atoms with Crippen molar-refractivity contribution < 1.29 is 17.9 Å². The highest BCUT2D eigenvalue weighted by Crippen LogP contribution is 2.17. The minimum atomic E-state index is -3.52. The van der Waals surface area contributed by atoms with Crippen LogP contribution in [-0.2, 0) is 21.2 Å². The summed E-state index contributed by atoms with van der Waals surface area (Å²) in [5, 5.41) is 0. The number of hydrogen-bond acceptors (Lipinski definition) is 4. The third-order valence-corrected chi connectivity index (χ3v) is 6.27. The number of carbonyl (C=O) groups excluding carboxylic acids is 1. The second kappa shape index (κ2) is 8.54. The van der Waals surface area contributed by atoms with Gasteiger partial charge in [-0.2, -0.15) is 0 Å². The number of amides is 1. The number of nitrogens with zero attached hydrogens (tertiary/aromatic N) is 1. The maximum atomic E-state index is 12.5. The number of carbonyl (C=O) groups is 1. The van der Waals surface area contributed by atoms with Crippen LogP contribution in [0, 0.1) is 0 Å². The summed E-state index contributed by atoms with van der Waals surface area (Å²) in [7, 11) is -1.91. The van der Waals surface area contributed by atoms with Crippen molar-refractivity contribution in [2.75, 3.05) is 20.2 Å². The second-order valence-corrected chi connectivity index (χ2v) is 8.33. The summed E-state index contributed by atoms with van der Waals surface area (Å²) in [6.07, 6.45) is 1.56. The molecular formula is C20H24N2O4S. The van der Waals surface area contributed by atoms with E-state index in [0.717, 1.165) is 11.3 Å². The largest absolute Gasteiger partial charge is 0.497 e. The zero-order chi connectivity index (χ0) is 19.3. The lowest BCUT2D eigenvalue weighted by molar-refractivity contribution is -0.131. The van der Waals surface area contributed by atoms with Crippen molar-refractivity contribution in [3.05, 3.63) is 60.2 Å². The van der Waals surface area contributed by atoms with Gasteiger partial charge in [0.1, 0.15) is 5.75 Å². The molecule has 0 radical (unpaired) electrons. The number of benzene rings is 2. The molecule has 0 bridgehead atoms. The lowest BCUT2D eigenvalue weighted by atomic mass is 10.0. The molecule has 1 heterocycles. The molecule has 0 unspecified atom stereocenters. The molecule has 3 rings (SSSR count). The van der Waals surface area contributed by atoms with E-state index in [1.807, 2.05) is 24.3 Å². The number of piperidine rings is 1. The van der Waals surface area contributed by atoms with E-state index in [2.05, 4.69) is 4.72 Å². The van der Waals surface area contributed by atoms with Crippen molar-refractivity contribution in [2.45, 2.75) is 30.2 Å². The average Bonchev–Trinajstić information content (AvgIpc) is 2.69. The minimum absolute atomic E-state index is 0.0598. The van der Waals surface area contributed by atoms with Gasteiger partial charge in [-0.25, -0.2) is 13.1 Å². The van der Waals surface area contributed by atoms with Crippen molar-refractivity contribution >= 4 is 15.9 Å². The van der Waals surface area contributed by atoms with Gasteiger partial charge in [0.25, 0.3) is 0 Å². The van der Waals surface area contributed by atoms with Gasteiger partial charge in [-0.15, -0.1) is 0 Å². The molecule has 2 aromatic rings. The van der Waals surface area contributed by atoms with Crippen LogP contribution >= 0.6 is 0 Å². The summed E-state index contributed by atoms with van der Waals surface area (Å²) < 4.78 is 32.7. The minimum Gasteiger partial charge on any atom is -0.497 e. The lowest BCUT2D eigenvalue weighted by Gasteiger charge is -2.32. The van der Waals surface area contributed by atoms with Crippen LogP contribution in [0.2, 0.25) is 0 Å². The summed E-state index contributed by atoms with van der Waals surface area (Å²) in [6.45, 7) is 1.11. The SMILES string of the molecule is COc1ccc(CC(=O)N2CCC(NS(=O)(=O)c3ccccc3)CC2)cc1. The molecular weight excluding hydrogens is 364 g/mol. The summed E-state index contributed by atoms with van der Waals surface area (Å²) in [4.78, 5) is 14.6. The molecule has 1 saturated heterocycles. The topological polar surface area (TPSA) is 75.7 Å². The fourth-order valence-corrected chi connectivity index (χ4v) is 4.49. The zero-order valence-corrected chi connectivity index (χ0v) is 16.1. The van der Waals surface area contributed by atoms with E-state index in [-0.39, 0.29) is 16.8 Å². The smallest absolute Gasteiger partial charge is 0.240 e. The average molecular weight is 388 g/mol. The third kappa shape index (κ3) is 5.08. The zero-order valence-electron chi connectivity index (χ0n) is 15.3. The molecule has 1 fully saturated rings. The number of methoxy groups -OCH3 is 1. The molecule has 1 N–H and O–H groups in total. The Kier molecular flexibility index (Phi) is 6.13. The van der Waals surface area contributed by atoms with Crippen LogP contribution in [-0.4, -0.2) is 45.5 Å². The number of hydrogen-bond donors (Lipinski definition) is 1. The first-order chi connectivity index (χ1) is 13.0. The first-order valence-electron chi connectivity index (χ1n) is 8.96. The molecule has 7 heteroatoms. The van der Waals surface area contributed by atoms with Gasteiger partial charge in [0.15, 0.2) is 0 Å². The molecule has 0 saturated carbocycles. The van der Waals surface area contributed by atoms with Crippen molar-refractivity contribution in [2.24, 2.45) is 0 Å². The van der Waals surface area contributed by atoms with Crippen LogP contribution in [0.3, 0.4) is 0 Å². The maximum Gasteiger partial charge on any atom is 0.240 e. The highest BCUT2D eigenvalue weighted by molar-refractivity contribution is 7.89. The van der Waals surface area contributed by atoms with Gasteiger partial charge in [-0.3, -0.25) is 4.79 Å². The Bertz CT molecular complexity index is 859. The normalized spacial score (nSPS) is 15.5. The second-order valence-electron chi connectivity index (χ2n) is 6.61. The maximum absolute atomic E-state index is 12.5. The van der Waals surface area contributed by atoms with Crippen molar-refractivity contribution in [3.8, 4) is 5.75 Å². The van der Waals surface area contributed by atoms with Gasteiger partial charge in [0.2, 0.25) is 15.9 Å². The molecule has 0 spiro atoms. The molecule has 1 amide bonds. The van der Waals surface area contributed by atoms with Crippen LogP contribution in [0.5, 0.6) is 5.75 Å². The molecule has 6 nitrogen and oxygen atoms in total. The van der Waals surface area contributed by atoms with E-state index in [1.165, 1.54) is 0 Å². The first-order valence-corrected chi connectivity index (χ1v) is 10.4. The molecule has 0 aromatic heterocycles. The Hall–Kier alpha value is -2.38. The number of rotatable bonds is 6. The monoisotopic (exact) mass is 388 g/mol. The molecule has 1 aliphatic rings. The van der Waals surface area contributed by atoms with E-state index < -0.39 is 10.0 Å². The van der Waals surface area contributed by atoms with E-state index >= 15 is 0 Å². The van der Waals surface area contributed by atoms with Crippen molar-refractivity contribution in [1.82, 2.24) is 9.62 Å². The van der Waals surface area contributed by atoms with Crippen LogP contribution in [0.1, 0.15) is 18.4 Å². The third-order valence-electron chi connectivity index (χ3n) is 4.74. The van der Waals surface area contributed by atoms with E-state index in [4.69, 9.17) is 4.74 Å². The summed E-state index contributed by atoms with van der Waals surface area (Å²) in [5.74, 6) is 0.822. The highest BCUT2D eigenvalue weighted by atomic mass is 32.2.